The zero-order chi connectivity index (χ0) is 15.3. The molecule has 0 bridgehead atoms. The van der Waals surface area contributed by atoms with E-state index in [4.69, 9.17) is 11.6 Å². The molecule has 0 amide bonds. The Morgan fingerprint density at radius 3 is 2.15 bits per heavy atom. The number of anilines is 1. The third-order valence-corrected chi connectivity index (χ3v) is 4.01. The summed E-state index contributed by atoms with van der Waals surface area (Å²) in [7, 11) is 0. The van der Waals surface area contributed by atoms with Gasteiger partial charge in [-0.3, -0.25) is 0 Å². The fourth-order valence-corrected chi connectivity index (χ4v) is 2.88. The van der Waals surface area contributed by atoms with E-state index >= 15 is 0 Å². The molecule has 0 saturated carbocycles. The van der Waals surface area contributed by atoms with Gasteiger partial charge in [-0.25, -0.2) is 0 Å². The molecule has 1 aromatic carbocycles. The average Bonchev–Trinajstić information content (AvgIpc) is 2.38. The van der Waals surface area contributed by atoms with E-state index in [0.29, 0.717) is 12.0 Å². The molecule has 0 spiro atoms. The summed E-state index contributed by atoms with van der Waals surface area (Å²) in [6.45, 7) is 11.7. The highest BCUT2D eigenvalue weighted by Crippen LogP contribution is 2.32. The summed E-state index contributed by atoms with van der Waals surface area (Å²) >= 11 is 6.46. The van der Waals surface area contributed by atoms with Crippen molar-refractivity contribution in [2.75, 3.05) is 11.4 Å². The lowest BCUT2D eigenvalue weighted by Gasteiger charge is -2.35. The zero-order valence-corrected chi connectivity index (χ0v) is 14.1. The average molecular weight is 298 g/mol. The monoisotopic (exact) mass is 297 g/mol. The Labute approximate surface area is 128 Å². The first-order valence-electron chi connectivity index (χ1n) is 7.64. The Morgan fingerprint density at radius 1 is 1.15 bits per heavy atom. The van der Waals surface area contributed by atoms with Crippen molar-refractivity contribution in [3.63, 3.8) is 0 Å². The quantitative estimate of drug-likeness (QED) is 0.762. The largest absolute Gasteiger partial charge is 0.389 e. The fourth-order valence-electron chi connectivity index (χ4n) is 2.58. The lowest BCUT2D eigenvalue weighted by Crippen LogP contribution is -2.37. The van der Waals surface area contributed by atoms with Gasteiger partial charge in [0.25, 0.3) is 0 Å². The molecule has 1 N–H and O–H groups in total. The van der Waals surface area contributed by atoms with Crippen LogP contribution < -0.4 is 4.90 Å². The lowest BCUT2D eigenvalue weighted by atomic mass is 10.0. The predicted molar refractivity (Wildman–Crippen MR) is 88.6 cm³/mol. The zero-order valence-electron chi connectivity index (χ0n) is 13.4. The molecule has 20 heavy (non-hydrogen) atoms. The minimum absolute atomic E-state index is 0.478. The molecule has 0 saturated heterocycles. The summed E-state index contributed by atoms with van der Waals surface area (Å²) in [6.07, 6.45) is 1.74. The highest BCUT2D eigenvalue weighted by molar-refractivity contribution is 6.33. The normalized spacial score (nSPS) is 13.1. The van der Waals surface area contributed by atoms with Gasteiger partial charge in [0.15, 0.2) is 0 Å². The van der Waals surface area contributed by atoms with Crippen molar-refractivity contribution in [3.05, 3.63) is 28.8 Å². The van der Waals surface area contributed by atoms with Crippen LogP contribution in [0.25, 0.3) is 0 Å². The first kappa shape index (κ1) is 17.3. The maximum absolute atomic E-state index is 9.65. The van der Waals surface area contributed by atoms with Crippen molar-refractivity contribution in [2.45, 2.75) is 59.6 Å². The molecule has 114 valence electrons. The van der Waals surface area contributed by atoms with Gasteiger partial charge in [0.2, 0.25) is 0 Å². The minimum Gasteiger partial charge on any atom is -0.389 e. The fraction of sp³-hybridized carbons (Fsp3) is 0.647. The first-order chi connectivity index (χ1) is 9.40. The Kier molecular flexibility index (Phi) is 6.84. The molecule has 0 aliphatic rings. The molecule has 1 aromatic rings. The van der Waals surface area contributed by atoms with E-state index in [9.17, 15) is 5.11 Å². The molecular weight excluding hydrogens is 270 g/mol. The van der Waals surface area contributed by atoms with Crippen molar-refractivity contribution >= 4 is 17.3 Å². The summed E-state index contributed by atoms with van der Waals surface area (Å²) in [5, 5.41) is 10.4. The van der Waals surface area contributed by atoms with Crippen LogP contribution in [0.1, 0.15) is 59.1 Å². The van der Waals surface area contributed by atoms with Crippen LogP contribution in [0.2, 0.25) is 5.02 Å². The number of hydrogen-bond donors (Lipinski definition) is 1. The number of aliphatic hydroxyl groups excluding tert-OH is 1. The van der Waals surface area contributed by atoms with Crippen molar-refractivity contribution in [1.29, 1.82) is 0 Å². The lowest BCUT2D eigenvalue weighted by molar-refractivity contribution is 0.199. The van der Waals surface area contributed by atoms with Crippen LogP contribution in [0.5, 0.6) is 0 Å². The Balaban J connectivity index is 3.13. The Hall–Kier alpha value is -0.730. The number of rotatable bonds is 7. The second-order valence-corrected chi connectivity index (χ2v) is 6.31. The molecule has 0 aliphatic carbocycles. The van der Waals surface area contributed by atoms with Gasteiger partial charge in [0.1, 0.15) is 0 Å². The van der Waals surface area contributed by atoms with Crippen molar-refractivity contribution < 1.29 is 5.11 Å². The van der Waals surface area contributed by atoms with Crippen LogP contribution in [-0.4, -0.2) is 17.7 Å². The molecular formula is C17H28ClNO. The van der Waals surface area contributed by atoms with Crippen LogP contribution >= 0.6 is 11.6 Å². The summed E-state index contributed by atoms with van der Waals surface area (Å²) in [4.78, 5) is 2.42. The molecule has 1 unspecified atom stereocenters. The number of nitrogens with zero attached hydrogens (tertiary/aromatic N) is 1. The molecule has 0 fully saturated rings. The number of hydrogen-bond acceptors (Lipinski definition) is 2. The molecule has 3 heteroatoms. The van der Waals surface area contributed by atoms with Gasteiger partial charge in [-0.15, -0.1) is 0 Å². The molecule has 0 radical (unpaired) electrons. The van der Waals surface area contributed by atoms with Gasteiger partial charge in [0, 0.05) is 12.6 Å². The van der Waals surface area contributed by atoms with Crippen LogP contribution in [-0.2, 0) is 0 Å². The molecule has 0 aromatic heterocycles. The maximum atomic E-state index is 9.65. The highest BCUT2D eigenvalue weighted by Gasteiger charge is 2.19. The van der Waals surface area contributed by atoms with Gasteiger partial charge >= 0.3 is 0 Å². The standard InChI is InChI=1S/C17H28ClNO/c1-6-15(7-2)19(11-12(3)4)17-9-8-14(13(5)20)10-16(17)18/h8-10,12-13,15,20H,6-7,11H2,1-5H3. The minimum atomic E-state index is -0.478. The van der Waals surface area contributed by atoms with E-state index in [2.05, 4.69) is 32.6 Å². The van der Waals surface area contributed by atoms with Crippen LogP contribution in [0, 0.1) is 5.92 Å². The van der Waals surface area contributed by atoms with Crippen molar-refractivity contribution in [1.82, 2.24) is 0 Å². The van der Waals surface area contributed by atoms with E-state index in [0.717, 1.165) is 35.7 Å². The summed E-state index contributed by atoms with van der Waals surface area (Å²) in [5.74, 6) is 0.586. The SMILES string of the molecule is CCC(CC)N(CC(C)C)c1ccc(C(C)O)cc1Cl. The van der Waals surface area contributed by atoms with E-state index in [1.54, 1.807) is 6.92 Å². The summed E-state index contributed by atoms with van der Waals surface area (Å²) in [6, 6.07) is 6.41. The van der Waals surface area contributed by atoms with Crippen LogP contribution in [0.15, 0.2) is 18.2 Å². The van der Waals surface area contributed by atoms with Gasteiger partial charge in [0.05, 0.1) is 16.8 Å². The molecule has 2 nitrogen and oxygen atoms in total. The molecule has 0 aliphatic heterocycles. The summed E-state index contributed by atoms with van der Waals surface area (Å²) < 4.78 is 0. The van der Waals surface area contributed by atoms with Crippen LogP contribution in [0.3, 0.4) is 0 Å². The summed E-state index contributed by atoms with van der Waals surface area (Å²) in [5.41, 5.74) is 1.95. The maximum Gasteiger partial charge on any atom is 0.0762 e. The van der Waals surface area contributed by atoms with Crippen molar-refractivity contribution in [2.24, 2.45) is 5.92 Å². The number of aliphatic hydroxyl groups is 1. The Morgan fingerprint density at radius 2 is 1.75 bits per heavy atom. The van der Waals surface area contributed by atoms with E-state index in [-0.39, 0.29) is 0 Å². The topological polar surface area (TPSA) is 23.5 Å². The number of halogens is 1. The first-order valence-corrected chi connectivity index (χ1v) is 8.02. The second-order valence-electron chi connectivity index (χ2n) is 5.90. The number of benzene rings is 1. The van der Waals surface area contributed by atoms with Gasteiger partial charge < -0.3 is 10.0 Å². The third-order valence-electron chi connectivity index (χ3n) is 3.71. The Bertz CT molecular complexity index is 413. The highest BCUT2D eigenvalue weighted by atomic mass is 35.5. The van der Waals surface area contributed by atoms with Gasteiger partial charge in [-0.05, 0) is 43.4 Å². The predicted octanol–water partition coefficient (Wildman–Crippen LogP) is 5.04. The van der Waals surface area contributed by atoms with Crippen molar-refractivity contribution in [3.8, 4) is 0 Å². The van der Waals surface area contributed by atoms with Crippen LogP contribution in [0.4, 0.5) is 5.69 Å². The van der Waals surface area contributed by atoms with Gasteiger partial charge in [-0.2, -0.15) is 0 Å². The third kappa shape index (κ3) is 4.39. The molecule has 1 atom stereocenters. The van der Waals surface area contributed by atoms with E-state index < -0.39 is 6.10 Å². The smallest absolute Gasteiger partial charge is 0.0762 e. The van der Waals surface area contributed by atoms with E-state index in [1.165, 1.54) is 0 Å². The second kappa shape index (κ2) is 7.90. The van der Waals surface area contributed by atoms with Gasteiger partial charge in [-0.1, -0.05) is 45.4 Å². The molecule has 0 heterocycles. The van der Waals surface area contributed by atoms with E-state index in [1.807, 2.05) is 18.2 Å². The molecule has 1 rings (SSSR count).